The molecular weight excluding hydrogens is 560 g/mol. The molecule has 7 aromatic rings. The van der Waals surface area contributed by atoms with E-state index >= 15 is 0 Å². The first-order valence-corrected chi connectivity index (χ1v) is 16.2. The number of hydrogen-bond donors (Lipinski definition) is 0. The van der Waals surface area contributed by atoms with Gasteiger partial charge in [0.15, 0.2) is 5.82 Å². The van der Waals surface area contributed by atoms with Gasteiger partial charge in [-0.15, -0.1) is 0 Å². The van der Waals surface area contributed by atoms with Crippen molar-refractivity contribution in [1.29, 1.82) is 0 Å². The van der Waals surface area contributed by atoms with Crippen LogP contribution >= 0.6 is 0 Å². The van der Waals surface area contributed by atoms with E-state index in [1.165, 1.54) is 11.1 Å². The summed E-state index contributed by atoms with van der Waals surface area (Å²) in [5.74, 6) is 0.723. The summed E-state index contributed by atoms with van der Waals surface area (Å²) in [5, 5.41) is 2.23. The Balaban J connectivity index is 1.40. The first-order chi connectivity index (χ1) is 22.1. The smallest absolute Gasteiger partial charge is 0.161 e. The highest BCUT2D eigenvalue weighted by Crippen LogP contribution is 2.62. The van der Waals surface area contributed by atoms with Gasteiger partial charge in [-0.2, -0.15) is 0 Å². The maximum absolute atomic E-state index is 6.29. The van der Waals surface area contributed by atoms with Gasteiger partial charge in [0.1, 0.15) is 11.2 Å². The van der Waals surface area contributed by atoms with Gasteiger partial charge in [0, 0.05) is 27.5 Å². The van der Waals surface area contributed by atoms with Gasteiger partial charge >= 0.3 is 0 Å². The monoisotopic (exact) mass is 598 g/mol. The summed E-state index contributed by atoms with van der Waals surface area (Å²) in [7, 11) is 0. The number of fused-ring (bicyclic) bond motifs is 4. The van der Waals surface area contributed by atoms with Gasteiger partial charge in [0.25, 0.3) is 0 Å². The minimum absolute atomic E-state index is 0.0200. The molecule has 3 heteroatoms. The van der Waals surface area contributed by atoms with Crippen LogP contribution in [-0.2, 0) is 10.8 Å². The molecule has 0 saturated carbocycles. The summed E-state index contributed by atoms with van der Waals surface area (Å²) < 4.78 is 6.29. The Morgan fingerprint density at radius 2 is 1.00 bits per heavy atom. The van der Waals surface area contributed by atoms with E-state index in [-0.39, 0.29) is 16.2 Å². The molecule has 0 fully saturated rings. The third-order valence-electron chi connectivity index (χ3n) is 11.4. The van der Waals surface area contributed by atoms with Crippen LogP contribution in [0.2, 0.25) is 0 Å². The van der Waals surface area contributed by atoms with E-state index in [0.717, 1.165) is 67.0 Å². The standard InChI is InChI=1S/C43H38N2O/c1-41(2)34-24-32(27-15-9-7-10-16-27)33(25-35(34)42(3,4)43(41,5)6)40-44-36(28-17-11-8-12-18-28)26-37(45-40)29-21-22-31-30-19-13-14-20-38(30)46-39(31)23-29/h7-26H,1-6H3. The van der Waals surface area contributed by atoms with Crippen molar-refractivity contribution in [3.05, 3.63) is 132 Å². The summed E-state index contributed by atoms with van der Waals surface area (Å²) >= 11 is 0. The van der Waals surface area contributed by atoms with Gasteiger partial charge < -0.3 is 4.42 Å². The van der Waals surface area contributed by atoms with Gasteiger partial charge in [0.05, 0.1) is 11.4 Å². The highest BCUT2D eigenvalue weighted by molar-refractivity contribution is 6.05. The van der Waals surface area contributed by atoms with E-state index in [1.54, 1.807) is 0 Å². The van der Waals surface area contributed by atoms with Crippen LogP contribution < -0.4 is 0 Å². The number of hydrogen-bond acceptors (Lipinski definition) is 3. The molecular formula is C43H38N2O. The summed E-state index contributed by atoms with van der Waals surface area (Å²) in [5.41, 5.74) is 11.7. The third-order valence-corrected chi connectivity index (χ3v) is 11.4. The highest BCUT2D eigenvalue weighted by Gasteiger charge is 2.57. The Bertz CT molecular complexity index is 2270. The average molecular weight is 599 g/mol. The first kappa shape index (κ1) is 28.5. The number of rotatable bonds is 4. The number of aromatic nitrogens is 2. The van der Waals surface area contributed by atoms with Gasteiger partial charge in [-0.3, -0.25) is 0 Å². The van der Waals surface area contributed by atoms with Crippen molar-refractivity contribution >= 4 is 21.9 Å². The fourth-order valence-corrected chi connectivity index (χ4v) is 7.49. The lowest BCUT2D eigenvalue weighted by Gasteiger charge is -2.44. The summed E-state index contributed by atoms with van der Waals surface area (Å²) in [6, 6.07) is 42.6. The van der Waals surface area contributed by atoms with E-state index in [2.05, 4.69) is 145 Å². The van der Waals surface area contributed by atoms with Crippen LogP contribution in [-0.4, -0.2) is 9.97 Å². The van der Waals surface area contributed by atoms with E-state index in [4.69, 9.17) is 14.4 Å². The van der Waals surface area contributed by atoms with Gasteiger partial charge in [-0.05, 0) is 74.9 Å². The van der Waals surface area contributed by atoms with Crippen LogP contribution in [0.4, 0.5) is 0 Å². The molecule has 2 heterocycles. The first-order valence-electron chi connectivity index (χ1n) is 16.2. The number of benzene rings is 5. The molecule has 0 N–H and O–H groups in total. The molecule has 0 unspecified atom stereocenters. The molecule has 5 aromatic carbocycles. The fraction of sp³-hybridized carbons (Fsp3) is 0.209. The lowest BCUT2D eigenvalue weighted by molar-refractivity contribution is 0.125. The molecule has 0 aliphatic heterocycles. The molecule has 0 saturated heterocycles. The quantitative estimate of drug-likeness (QED) is 0.202. The largest absolute Gasteiger partial charge is 0.456 e. The third kappa shape index (κ3) is 4.11. The summed E-state index contributed by atoms with van der Waals surface area (Å²) in [4.78, 5) is 10.6. The zero-order chi connectivity index (χ0) is 31.8. The molecule has 0 amide bonds. The second-order valence-corrected chi connectivity index (χ2v) is 14.3. The van der Waals surface area contributed by atoms with E-state index in [9.17, 15) is 0 Å². The van der Waals surface area contributed by atoms with Crippen molar-refractivity contribution in [2.45, 2.75) is 52.4 Å². The number of nitrogens with zero attached hydrogens (tertiary/aromatic N) is 2. The highest BCUT2D eigenvalue weighted by atomic mass is 16.3. The molecule has 0 radical (unpaired) electrons. The zero-order valence-corrected chi connectivity index (χ0v) is 27.3. The summed E-state index contributed by atoms with van der Waals surface area (Å²) in [6.45, 7) is 14.4. The topological polar surface area (TPSA) is 38.9 Å². The predicted molar refractivity (Wildman–Crippen MR) is 191 cm³/mol. The summed E-state index contributed by atoms with van der Waals surface area (Å²) in [6.07, 6.45) is 0. The molecule has 46 heavy (non-hydrogen) atoms. The van der Waals surface area contributed by atoms with Crippen LogP contribution in [0.25, 0.3) is 67.0 Å². The Morgan fingerprint density at radius 1 is 0.457 bits per heavy atom. The molecule has 226 valence electrons. The van der Waals surface area contributed by atoms with Gasteiger partial charge in [-0.1, -0.05) is 126 Å². The van der Waals surface area contributed by atoms with Crippen molar-refractivity contribution in [2.24, 2.45) is 5.41 Å². The molecule has 1 aliphatic carbocycles. The molecule has 0 spiro atoms. The second kappa shape index (κ2) is 9.99. The molecule has 2 aromatic heterocycles. The molecule has 1 aliphatic rings. The van der Waals surface area contributed by atoms with Crippen molar-refractivity contribution < 1.29 is 4.42 Å². The lowest BCUT2D eigenvalue weighted by atomic mass is 9.59. The van der Waals surface area contributed by atoms with Gasteiger partial charge in [0.2, 0.25) is 0 Å². The maximum atomic E-state index is 6.29. The van der Waals surface area contributed by atoms with Crippen molar-refractivity contribution in [3.63, 3.8) is 0 Å². The number of para-hydroxylation sites is 1. The van der Waals surface area contributed by atoms with Crippen LogP contribution in [0, 0.1) is 5.41 Å². The Morgan fingerprint density at radius 3 is 1.67 bits per heavy atom. The van der Waals surface area contributed by atoms with Crippen LogP contribution in [0.1, 0.15) is 52.7 Å². The lowest BCUT2D eigenvalue weighted by Crippen LogP contribution is -2.42. The van der Waals surface area contributed by atoms with Crippen molar-refractivity contribution in [1.82, 2.24) is 9.97 Å². The molecule has 8 rings (SSSR count). The predicted octanol–water partition coefficient (Wildman–Crippen LogP) is 11.6. The van der Waals surface area contributed by atoms with E-state index in [1.807, 2.05) is 18.2 Å². The van der Waals surface area contributed by atoms with Crippen LogP contribution in [0.15, 0.2) is 126 Å². The minimum Gasteiger partial charge on any atom is -0.456 e. The zero-order valence-electron chi connectivity index (χ0n) is 27.3. The van der Waals surface area contributed by atoms with Crippen molar-refractivity contribution in [2.75, 3.05) is 0 Å². The Hall–Kier alpha value is -5.02. The van der Waals surface area contributed by atoms with Crippen molar-refractivity contribution in [3.8, 4) is 45.0 Å². The minimum atomic E-state index is -0.0536. The Kier molecular flexibility index (Phi) is 6.18. The second-order valence-electron chi connectivity index (χ2n) is 14.3. The van der Waals surface area contributed by atoms with Crippen LogP contribution in [0.5, 0.6) is 0 Å². The SMILES string of the molecule is CC1(C)c2cc(-c3ccccc3)c(-c3nc(-c4ccccc4)cc(-c4ccc5c(c4)oc4ccccc45)n3)cc2C(C)(C)C1(C)C. The normalized spacial score (nSPS) is 16.1. The Labute approximate surface area is 271 Å². The number of furan rings is 1. The van der Waals surface area contributed by atoms with E-state index < -0.39 is 0 Å². The fourth-order valence-electron chi connectivity index (χ4n) is 7.49. The molecule has 0 bridgehead atoms. The van der Waals surface area contributed by atoms with Crippen LogP contribution in [0.3, 0.4) is 0 Å². The van der Waals surface area contributed by atoms with E-state index in [0.29, 0.717) is 0 Å². The van der Waals surface area contributed by atoms with Gasteiger partial charge in [-0.25, -0.2) is 9.97 Å². The average Bonchev–Trinajstić information content (AvgIpc) is 3.50. The maximum Gasteiger partial charge on any atom is 0.161 e. The molecule has 3 nitrogen and oxygen atoms in total. The molecule has 0 atom stereocenters.